The molecule has 0 atom stereocenters. The predicted molar refractivity (Wildman–Crippen MR) is 79.9 cm³/mol. The van der Waals surface area contributed by atoms with Gasteiger partial charge in [0.1, 0.15) is 0 Å². The summed E-state index contributed by atoms with van der Waals surface area (Å²) in [6.07, 6.45) is 8.63. The van der Waals surface area contributed by atoms with Gasteiger partial charge in [0.15, 0.2) is 0 Å². The van der Waals surface area contributed by atoms with Gasteiger partial charge in [0.25, 0.3) is 5.91 Å². The summed E-state index contributed by atoms with van der Waals surface area (Å²) in [5.74, 6) is 1.07. The third-order valence-electron chi connectivity index (χ3n) is 4.16. The van der Waals surface area contributed by atoms with Crippen LogP contribution in [0.3, 0.4) is 0 Å². The summed E-state index contributed by atoms with van der Waals surface area (Å²) in [5.41, 5.74) is 1.45. The van der Waals surface area contributed by atoms with Crippen LogP contribution in [0.4, 0.5) is 0 Å². The van der Waals surface area contributed by atoms with Crippen LogP contribution in [0, 0.1) is 5.92 Å². The van der Waals surface area contributed by atoms with Crippen molar-refractivity contribution in [2.45, 2.75) is 51.9 Å². The average Bonchev–Trinajstić information content (AvgIpc) is 3.13. The standard InChI is InChI=1S/C16H23NOS/c1-2-9-17(11-12-7-8-12)16(18)15-10-13-5-3-4-6-14(13)19-15/h10,12H,2-9,11H2,1H3. The molecule has 1 saturated carbocycles. The first kappa shape index (κ1) is 13.2. The van der Waals surface area contributed by atoms with Crippen LogP contribution < -0.4 is 0 Å². The van der Waals surface area contributed by atoms with E-state index in [1.54, 1.807) is 11.3 Å². The number of nitrogens with zero attached hydrogens (tertiary/aromatic N) is 1. The highest BCUT2D eigenvalue weighted by atomic mass is 32.1. The van der Waals surface area contributed by atoms with E-state index in [1.165, 1.54) is 49.0 Å². The summed E-state index contributed by atoms with van der Waals surface area (Å²) < 4.78 is 0. The van der Waals surface area contributed by atoms with Crippen LogP contribution in [-0.4, -0.2) is 23.9 Å². The minimum absolute atomic E-state index is 0.285. The van der Waals surface area contributed by atoms with Crippen molar-refractivity contribution in [3.8, 4) is 0 Å². The van der Waals surface area contributed by atoms with Crippen LogP contribution in [0.15, 0.2) is 6.07 Å². The van der Waals surface area contributed by atoms with E-state index < -0.39 is 0 Å². The Kier molecular flexibility index (Phi) is 3.92. The molecule has 2 aliphatic rings. The Morgan fingerprint density at radius 2 is 2.16 bits per heavy atom. The van der Waals surface area contributed by atoms with Gasteiger partial charge in [-0.1, -0.05) is 6.92 Å². The second-order valence-electron chi connectivity index (χ2n) is 5.96. The van der Waals surface area contributed by atoms with Gasteiger partial charge in [0, 0.05) is 18.0 Å². The lowest BCUT2D eigenvalue weighted by molar-refractivity contribution is 0.0752. The molecule has 0 aromatic carbocycles. The summed E-state index contributed by atoms with van der Waals surface area (Å²) in [6.45, 7) is 4.06. The molecule has 0 N–H and O–H groups in total. The fourth-order valence-electron chi connectivity index (χ4n) is 2.91. The smallest absolute Gasteiger partial charge is 0.263 e. The van der Waals surface area contributed by atoms with Gasteiger partial charge in [-0.25, -0.2) is 0 Å². The van der Waals surface area contributed by atoms with Crippen LogP contribution >= 0.6 is 11.3 Å². The van der Waals surface area contributed by atoms with Crippen molar-refractivity contribution in [1.29, 1.82) is 0 Å². The molecule has 0 spiro atoms. The molecule has 0 saturated heterocycles. The van der Waals surface area contributed by atoms with E-state index in [4.69, 9.17) is 0 Å². The van der Waals surface area contributed by atoms with Crippen molar-refractivity contribution >= 4 is 17.2 Å². The monoisotopic (exact) mass is 277 g/mol. The maximum Gasteiger partial charge on any atom is 0.263 e. The topological polar surface area (TPSA) is 20.3 Å². The minimum Gasteiger partial charge on any atom is -0.338 e. The number of hydrogen-bond acceptors (Lipinski definition) is 2. The number of hydrogen-bond donors (Lipinski definition) is 0. The third-order valence-corrected chi connectivity index (χ3v) is 5.39. The number of rotatable bonds is 5. The van der Waals surface area contributed by atoms with Crippen molar-refractivity contribution in [1.82, 2.24) is 4.90 Å². The Morgan fingerprint density at radius 1 is 1.37 bits per heavy atom. The average molecular weight is 277 g/mol. The SMILES string of the molecule is CCCN(CC1CC1)C(=O)c1cc2c(s1)CCCC2. The lowest BCUT2D eigenvalue weighted by Gasteiger charge is -2.21. The van der Waals surface area contributed by atoms with Crippen molar-refractivity contribution < 1.29 is 4.79 Å². The minimum atomic E-state index is 0.285. The Hall–Kier alpha value is -0.830. The zero-order chi connectivity index (χ0) is 13.2. The predicted octanol–water partition coefficient (Wildman–Crippen LogP) is 3.89. The van der Waals surface area contributed by atoms with E-state index in [9.17, 15) is 4.79 Å². The molecule has 0 bridgehead atoms. The molecule has 3 heteroatoms. The summed E-state index contributed by atoms with van der Waals surface area (Å²) in [7, 11) is 0. The lowest BCUT2D eigenvalue weighted by Crippen LogP contribution is -2.33. The van der Waals surface area contributed by atoms with Gasteiger partial charge in [-0.05, 0) is 62.5 Å². The molecule has 19 heavy (non-hydrogen) atoms. The second-order valence-corrected chi connectivity index (χ2v) is 7.10. The normalized spacial score (nSPS) is 18.2. The molecular formula is C16H23NOS. The van der Waals surface area contributed by atoms with Crippen molar-refractivity contribution in [2.75, 3.05) is 13.1 Å². The quantitative estimate of drug-likeness (QED) is 0.799. The van der Waals surface area contributed by atoms with Gasteiger partial charge in [-0.3, -0.25) is 4.79 Å². The van der Waals surface area contributed by atoms with Crippen molar-refractivity contribution in [3.05, 3.63) is 21.4 Å². The van der Waals surface area contributed by atoms with Crippen LogP contribution in [0.1, 0.15) is 59.1 Å². The second kappa shape index (κ2) is 5.66. The Morgan fingerprint density at radius 3 is 2.84 bits per heavy atom. The molecule has 1 amide bonds. The molecule has 2 aliphatic carbocycles. The molecule has 0 radical (unpaired) electrons. The van der Waals surface area contributed by atoms with Gasteiger partial charge in [-0.2, -0.15) is 0 Å². The van der Waals surface area contributed by atoms with Crippen LogP contribution in [0.2, 0.25) is 0 Å². The van der Waals surface area contributed by atoms with Crippen LogP contribution in [0.5, 0.6) is 0 Å². The van der Waals surface area contributed by atoms with E-state index in [0.29, 0.717) is 0 Å². The van der Waals surface area contributed by atoms with Gasteiger partial charge in [0.05, 0.1) is 4.88 Å². The number of carbonyl (C=O) groups is 1. The highest BCUT2D eigenvalue weighted by Gasteiger charge is 2.28. The summed E-state index contributed by atoms with van der Waals surface area (Å²) in [5, 5.41) is 0. The van der Waals surface area contributed by atoms with Gasteiger partial charge >= 0.3 is 0 Å². The first-order chi connectivity index (χ1) is 9.28. The fourth-order valence-corrected chi connectivity index (χ4v) is 4.13. The number of carbonyl (C=O) groups excluding carboxylic acids is 1. The Balaban J connectivity index is 1.74. The van der Waals surface area contributed by atoms with Gasteiger partial charge in [0.2, 0.25) is 0 Å². The molecule has 1 aromatic heterocycles. The van der Waals surface area contributed by atoms with E-state index >= 15 is 0 Å². The summed E-state index contributed by atoms with van der Waals surface area (Å²) >= 11 is 1.75. The van der Waals surface area contributed by atoms with E-state index in [-0.39, 0.29) is 5.91 Å². The maximum atomic E-state index is 12.7. The summed E-state index contributed by atoms with van der Waals surface area (Å²) in [6, 6.07) is 2.18. The van der Waals surface area contributed by atoms with Gasteiger partial charge < -0.3 is 4.90 Å². The zero-order valence-corrected chi connectivity index (χ0v) is 12.6. The largest absolute Gasteiger partial charge is 0.338 e. The molecule has 1 heterocycles. The molecular weight excluding hydrogens is 254 g/mol. The molecule has 104 valence electrons. The number of amides is 1. The first-order valence-corrected chi connectivity index (χ1v) is 8.50. The zero-order valence-electron chi connectivity index (χ0n) is 11.8. The van der Waals surface area contributed by atoms with E-state index in [1.807, 2.05) is 0 Å². The van der Waals surface area contributed by atoms with Crippen molar-refractivity contribution in [3.63, 3.8) is 0 Å². The van der Waals surface area contributed by atoms with Gasteiger partial charge in [-0.15, -0.1) is 11.3 Å². The highest BCUT2D eigenvalue weighted by Crippen LogP contribution is 2.33. The van der Waals surface area contributed by atoms with E-state index in [0.717, 1.165) is 30.3 Å². The highest BCUT2D eigenvalue weighted by molar-refractivity contribution is 7.14. The number of thiophene rings is 1. The third kappa shape index (κ3) is 3.02. The Labute approximate surface area is 119 Å². The molecule has 0 unspecified atom stereocenters. The Bertz CT molecular complexity index is 438. The first-order valence-electron chi connectivity index (χ1n) is 7.68. The lowest BCUT2D eigenvalue weighted by atomic mass is 9.99. The summed E-state index contributed by atoms with van der Waals surface area (Å²) in [4.78, 5) is 17.2. The number of aryl methyl sites for hydroxylation is 2. The molecule has 1 aromatic rings. The maximum absolute atomic E-state index is 12.7. The fraction of sp³-hybridized carbons (Fsp3) is 0.688. The molecule has 3 rings (SSSR count). The van der Waals surface area contributed by atoms with Crippen LogP contribution in [0.25, 0.3) is 0 Å². The van der Waals surface area contributed by atoms with Crippen LogP contribution in [-0.2, 0) is 12.8 Å². The van der Waals surface area contributed by atoms with E-state index in [2.05, 4.69) is 17.9 Å². The molecule has 2 nitrogen and oxygen atoms in total. The van der Waals surface area contributed by atoms with Crippen molar-refractivity contribution in [2.24, 2.45) is 5.92 Å². The molecule has 1 fully saturated rings. The molecule has 0 aliphatic heterocycles. The number of fused-ring (bicyclic) bond motifs is 1.